The van der Waals surface area contributed by atoms with Crippen molar-refractivity contribution in [1.29, 1.82) is 5.26 Å². The van der Waals surface area contributed by atoms with Gasteiger partial charge in [-0.2, -0.15) is 18.4 Å². The van der Waals surface area contributed by atoms with Crippen LogP contribution in [0, 0.1) is 11.3 Å². The number of carbonyl (C=O) groups excluding carboxylic acids is 1. The van der Waals surface area contributed by atoms with E-state index in [9.17, 15) is 26.4 Å². The van der Waals surface area contributed by atoms with Gasteiger partial charge < -0.3 is 15.1 Å². The summed E-state index contributed by atoms with van der Waals surface area (Å²) in [5, 5.41) is 11.7. The van der Waals surface area contributed by atoms with Gasteiger partial charge in [0.25, 0.3) is 0 Å². The molecular weight excluding hydrogens is 471 g/mol. The highest BCUT2D eigenvalue weighted by Crippen LogP contribution is 2.35. The Hall–Kier alpha value is -3.30. The molecule has 8 nitrogen and oxygen atoms in total. The molecule has 1 heterocycles. The molecule has 1 aliphatic heterocycles. The highest BCUT2D eigenvalue weighted by molar-refractivity contribution is 7.89. The number of halogens is 3. The molecule has 1 aliphatic rings. The molecule has 34 heavy (non-hydrogen) atoms. The molecule has 0 aliphatic carbocycles. The van der Waals surface area contributed by atoms with Crippen LogP contribution in [0.5, 0.6) is 0 Å². The van der Waals surface area contributed by atoms with Crippen molar-refractivity contribution in [2.75, 3.05) is 30.4 Å². The zero-order valence-corrected chi connectivity index (χ0v) is 19.5. The maximum Gasteiger partial charge on any atom is 0.417 e. The molecule has 12 heteroatoms. The van der Waals surface area contributed by atoms with Crippen LogP contribution in [0.4, 0.5) is 29.3 Å². The molecule has 2 amide bonds. The smallest absolute Gasteiger partial charge is 0.365 e. The highest BCUT2D eigenvalue weighted by atomic mass is 32.2. The Morgan fingerprint density at radius 2 is 1.74 bits per heavy atom. The molecule has 1 fully saturated rings. The number of anilines is 2. The van der Waals surface area contributed by atoms with E-state index >= 15 is 0 Å². The molecule has 3 rings (SSSR count). The third-order valence-electron chi connectivity index (χ3n) is 5.69. The minimum Gasteiger partial charge on any atom is -0.365 e. The van der Waals surface area contributed by atoms with E-state index in [-0.39, 0.29) is 30.1 Å². The Balaban J connectivity index is 1.74. The lowest BCUT2D eigenvalue weighted by molar-refractivity contribution is -0.137. The summed E-state index contributed by atoms with van der Waals surface area (Å²) in [6.07, 6.45) is -4.65. The Bertz CT molecular complexity index is 1210. The van der Waals surface area contributed by atoms with E-state index in [1.807, 2.05) is 0 Å². The first kappa shape index (κ1) is 25.3. The zero-order chi connectivity index (χ0) is 25.3. The number of urea groups is 1. The molecule has 0 saturated carbocycles. The van der Waals surface area contributed by atoms with Crippen LogP contribution in [-0.2, 0) is 16.2 Å². The predicted octanol–water partition coefficient (Wildman–Crippen LogP) is 3.62. The largest absolute Gasteiger partial charge is 0.417 e. The maximum atomic E-state index is 13.4. The van der Waals surface area contributed by atoms with Crippen LogP contribution < -0.4 is 14.9 Å². The number of hydrogen-bond acceptors (Lipinski definition) is 5. The van der Waals surface area contributed by atoms with Gasteiger partial charge in [0.15, 0.2) is 0 Å². The SMILES string of the molecule is CNS(=O)(=O)c1ccc(NC(=O)N2C[C@@H](C)N(c3ccc(C#N)c(C(F)(F)F)c3)C[C@@H]2C)cc1. The first-order chi connectivity index (χ1) is 15.9. The van der Waals surface area contributed by atoms with Crippen molar-refractivity contribution in [1.82, 2.24) is 9.62 Å². The van der Waals surface area contributed by atoms with Crippen molar-refractivity contribution in [3.8, 4) is 6.07 Å². The minimum absolute atomic E-state index is 0.0595. The van der Waals surface area contributed by atoms with E-state index in [1.54, 1.807) is 29.7 Å². The van der Waals surface area contributed by atoms with Crippen molar-refractivity contribution in [2.24, 2.45) is 0 Å². The Labute approximate surface area is 196 Å². The number of rotatable bonds is 4. The van der Waals surface area contributed by atoms with Gasteiger partial charge in [0, 0.05) is 36.5 Å². The van der Waals surface area contributed by atoms with E-state index in [2.05, 4.69) is 10.0 Å². The number of hydrogen-bond donors (Lipinski definition) is 2. The van der Waals surface area contributed by atoms with Crippen molar-refractivity contribution in [3.63, 3.8) is 0 Å². The fraction of sp³-hybridized carbons (Fsp3) is 0.364. The summed E-state index contributed by atoms with van der Waals surface area (Å²) in [5.41, 5.74) is -0.698. The number of alkyl halides is 3. The van der Waals surface area contributed by atoms with Gasteiger partial charge in [-0.15, -0.1) is 0 Å². The summed E-state index contributed by atoms with van der Waals surface area (Å²) in [5.74, 6) is 0. The second kappa shape index (κ2) is 9.52. The van der Waals surface area contributed by atoms with Crippen molar-refractivity contribution >= 4 is 27.4 Å². The quantitative estimate of drug-likeness (QED) is 0.674. The summed E-state index contributed by atoms with van der Waals surface area (Å²) < 4.78 is 66.0. The molecule has 2 atom stereocenters. The predicted molar refractivity (Wildman–Crippen MR) is 121 cm³/mol. The van der Waals surface area contributed by atoms with E-state index in [0.29, 0.717) is 11.4 Å². The van der Waals surface area contributed by atoms with Gasteiger partial charge in [-0.3, -0.25) is 0 Å². The van der Waals surface area contributed by atoms with Crippen LogP contribution in [0.2, 0.25) is 0 Å². The lowest BCUT2D eigenvalue weighted by atomic mass is 10.0. The monoisotopic (exact) mass is 495 g/mol. The topological polar surface area (TPSA) is 106 Å². The molecule has 2 N–H and O–H groups in total. The average Bonchev–Trinajstić information content (AvgIpc) is 2.79. The van der Waals surface area contributed by atoms with Gasteiger partial charge >= 0.3 is 12.2 Å². The fourth-order valence-corrected chi connectivity index (χ4v) is 4.57. The van der Waals surface area contributed by atoms with Crippen LogP contribution >= 0.6 is 0 Å². The van der Waals surface area contributed by atoms with E-state index < -0.39 is 33.4 Å². The normalized spacial score (nSPS) is 19.0. The van der Waals surface area contributed by atoms with Crippen LogP contribution in [-0.4, -0.2) is 51.6 Å². The van der Waals surface area contributed by atoms with E-state index in [4.69, 9.17) is 5.26 Å². The van der Waals surface area contributed by atoms with Gasteiger partial charge in [0.1, 0.15) is 0 Å². The molecule has 0 bridgehead atoms. The number of nitrogens with zero attached hydrogens (tertiary/aromatic N) is 3. The van der Waals surface area contributed by atoms with Crippen molar-refractivity contribution < 1.29 is 26.4 Å². The van der Waals surface area contributed by atoms with Crippen molar-refractivity contribution in [2.45, 2.75) is 37.0 Å². The molecule has 182 valence electrons. The summed E-state index contributed by atoms with van der Waals surface area (Å²) in [6.45, 7) is 4.13. The van der Waals surface area contributed by atoms with Crippen LogP contribution in [0.25, 0.3) is 0 Å². The average molecular weight is 496 g/mol. The summed E-state index contributed by atoms with van der Waals surface area (Å²) >= 11 is 0. The molecule has 0 unspecified atom stereocenters. The molecule has 2 aromatic rings. The van der Waals surface area contributed by atoms with Gasteiger partial charge in [0.2, 0.25) is 10.0 Å². The third-order valence-corrected chi connectivity index (χ3v) is 7.12. The van der Waals surface area contributed by atoms with Crippen LogP contribution in [0.1, 0.15) is 25.0 Å². The van der Waals surface area contributed by atoms with E-state index in [0.717, 1.165) is 12.1 Å². The third kappa shape index (κ3) is 5.26. The second-order valence-electron chi connectivity index (χ2n) is 8.00. The first-order valence-corrected chi connectivity index (χ1v) is 11.8. The first-order valence-electron chi connectivity index (χ1n) is 10.4. The Morgan fingerprint density at radius 3 is 2.29 bits per heavy atom. The molecule has 1 saturated heterocycles. The zero-order valence-electron chi connectivity index (χ0n) is 18.7. The van der Waals surface area contributed by atoms with Crippen molar-refractivity contribution in [3.05, 3.63) is 53.6 Å². The van der Waals surface area contributed by atoms with Crippen LogP contribution in [0.15, 0.2) is 47.4 Å². The number of piperazine rings is 1. The minimum atomic E-state index is -4.65. The fourth-order valence-electron chi connectivity index (χ4n) is 3.84. The lowest BCUT2D eigenvalue weighted by Crippen LogP contribution is -2.59. The number of benzene rings is 2. The molecular formula is C22H24F3N5O3S. The maximum absolute atomic E-state index is 13.4. The number of nitriles is 1. The number of amides is 2. The number of sulfonamides is 1. The molecule has 0 aromatic heterocycles. The van der Waals surface area contributed by atoms with Gasteiger partial charge in [-0.25, -0.2) is 17.9 Å². The standard InChI is InChI=1S/C22H24F3N5O3S/c1-14-13-30(21(31)28-17-5-8-19(9-6-17)34(32,33)27-3)15(2)12-29(14)18-7-4-16(11-26)20(10-18)22(23,24)25/h4-10,14-15,27H,12-13H2,1-3H3,(H,28,31)/t14-,15+/m1/s1. The van der Waals surface area contributed by atoms with Gasteiger partial charge in [-0.1, -0.05) is 0 Å². The Morgan fingerprint density at radius 1 is 1.09 bits per heavy atom. The molecule has 0 spiro atoms. The van der Waals surface area contributed by atoms with Crippen LogP contribution in [0.3, 0.4) is 0 Å². The number of nitrogens with one attached hydrogen (secondary N) is 2. The Kier molecular flexibility index (Phi) is 7.09. The molecule has 2 aromatic carbocycles. The van der Waals surface area contributed by atoms with E-state index in [1.165, 1.54) is 37.4 Å². The number of carbonyl (C=O) groups is 1. The summed E-state index contributed by atoms with van der Waals surface area (Å²) in [7, 11) is -2.30. The second-order valence-corrected chi connectivity index (χ2v) is 9.89. The van der Waals surface area contributed by atoms with Gasteiger partial charge in [0.05, 0.1) is 22.1 Å². The summed E-state index contributed by atoms with van der Waals surface area (Å²) in [4.78, 5) is 16.3. The highest BCUT2D eigenvalue weighted by Gasteiger charge is 2.36. The van der Waals surface area contributed by atoms with Gasteiger partial charge in [-0.05, 0) is 63.4 Å². The molecule has 0 radical (unpaired) electrons. The lowest BCUT2D eigenvalue weighted by Gasteiger charge is -2.45. The summed E-state index contributed by atoms with van der Waals surface area (Å²) in [6, 6.07) is 9.85.